The molecule has 86 valence electrons. The maximum absolute atomic E-state index is 11.5. The topological polar surface area (TPSA) is 37.8 Å². The first-order chi connectivity index (χ1) is 7.63. The van der Waals surface area contributed by atoms with Crippen LogP contribution in [0.25, 0.3) is 11.0 Å². The first-order valence-electron chi connectivity index (χ1n) is 5.82. The average molecular weight is 218 g/mol. The molecule has 2 rings (SSSR count). The second kappa shape index (κ2) is 4.16. The average Bonchev–Trinajstić information content (AvgIpc) is 2.55. The van der Waals surface area contributed by atoms with Crippen LogP contribution in [0.1, 0.15) is 38.2 Å². The molecular weight excluding hydrogens is 200 g/mol. The van der Waals surface area contributed by atoms with E-state index in [1.165, 1.54) is 18.4 Å². The highest BCUT2D eigenvalue weighted by molar-refractivity contribution is 5.76. The Morgan fingerprint density at radius 2 is 2.19 bits per heavy atom. The van der Waals surface area contributed by atoms with Crippen molar-refractivity contribution in [2.24, 2.45) is 7.05 Å². The molecule has 1 heterocycles. The van der Waals surface area contributed by atoms with Crippen molar-refractivity contribution in [3.63, 3.8) is 0 Å². The summed E-state index contributed by atoms with van der Waals surface area (Å²) >= 11 is 0. The monoisotopic (exact) mass is 218 g/mol. The van der Waals surface area contributed by atoms with Gasteiger partial charge in [-0.25, -0.2) is 4.79 Å². The Morgan fingerprint density at radius 1 is 1.44 bits per heavy atom. The Hall–Kier alpha value is -1.51. The summed E-state index contributed by atoms with van der Waals surface area (Å²) in [7, 11) is 1.79. The summed E-state index contributed by atoms with van der Waals surface area (Å²) in [6.45, 7) is 4.42. The zero-order valence-corrected chi connectivity index (χ0v) is 10.1. The van der Waals surface area contributed by atoms with Crippen LogP contribution in [0, 0.1) is 0 Å². The van der Waals surface area contributed by atoms with E-state index in [1.54, 1.807) is 11.6 Å². The molecule has 0 saturated heterocycles. The van der Waals surface area contributed by atoms with Gasteiger partial charge in [0, 0.05) is 7.05 Å². The van der Waals surface area contributed by atoms with Crippen LogP contribution in [0.2, 0.25) is 0 Å². The van der Waals surface area contributed by atoms with E-state index in [0.717, 1.165) is 11.0 Å². The molecule has 1 N–H and O–H groups in total. The van der Waals surface area contributed by atoms with E-state index >= 15 is 0 Å². The maximum atomic E-state index is 11.5. The molecule has 0 aliphatic carbocycles. The molecule has 0 amide bonds. The molecule has 0 radical (unpaired) electrons. The van der Waals surface area contributed by atoms with Gasteiger partial charge in [0.15, 0.2) is 0 Å². The highest BCUT2D eigenvalue weighted by atomic mass is 16.1. The van der Waals surface area contributed by atoms with E-state index in [-0.39, 0.29) is 5.69 Å². The fourth-order valence-electron chi connectivity index (χ4n) is 2.16. The van der Waals surface area contributed by atoms with Gasteiger partial charge in [-0.2, -0.15) is 0 Å². The van der Waals surface area contributed by atoms with E-state index in [2.05, 4.69) is 31.0 Å². The van der Waals surface area contributed by atoms with Crippen molar-refractivity contribution in [1.82, 2.24) is 9.55 Å². The van der Waals surface area contributed by atoms with Crippen molar-refractivity contribution in [2.45, 2.75) is 32.6 Å². The van der Waals surface area contributed by atoms with Gasteiger partial charge in [-0.15, -0.1) is 0 Å². The summed E-state index contributed by atoms with van der Waals surface area (Å²) < 4.78 is 1.64. The van der Waals surface area contributed by atoms with Crippen LogP contribution in [0.4, 0.5) is 0 Å². The standard InChI is InChI=1S/C13H18N2O/c1-4-5-9(2)10-6-7-12-11(8-10)14-13(16)15(12)3/h6-9H,4-5H2,1-3H3,(H,14,16). The Kier molecular flexibility index (Phi) is 2.86. The number of H-pyrrole nitrogens is 1. The van der Waals surface area contributed by atoms with Crippen molar-refractivity contribution >= 4 is 11.0 Å². The number of hydrogen-bond acceptors (Lipinski definition) is 1. The molecule has 1 unspecified atom stereocenters. The zero-order valence-electron chi connectivity index (χ0n) is 10.1. The van der Waals surface area contributed by atoms with Gasteiger partial charge in [-0.1, -0.05) is 26.3 Å². The number of benzene rings is 1. The Balaban J connectivity index is 2.48. The van der Waals surface area contributed by atoms with E-state index in [4.69, 9.17) is 0 Å². The molecule has 2 aromatic rings. The van der Waals surface area contributed by atoms with E-state index in [0.29, 0.717) is 5.92 Å². The van der Waals surface area contributed by atoms with Crippen LogP contribution in [0.3, 0.4) is 0 Å². The normalized spacial score (nSPS) is 13.2. The van der Waals surface area contributed by atoms with Crippen molar-refractivity contribution in [1.29, 1.82) is 0 Å². The molecule has 0 bridgehead atoms. The molecule has 0 aliphatic rings. The van der Waals surface area contributed by atoms with E-state index in [1.807, 2.05) is 6.07 Å². The summed E-state index contributed by atoms with van der Waals surface area (Å²) in [6, 6.07) is 6.24. The second-order valence-electron chi connectivity index (χ2n) is 4.46. The lowest BCUT2D eigenvalue weighted by molar-refractivity contribution is 0.665. The van der Waals surface area contributed by atoms with E-state index in [9.17, 15) is 4.79 Å². The fourth-order valence-corrected chi connectivity index (χ4v) is 2.16. The number of aromatic amines is 1. The third kappa shape index (κ3) is 1.77. The van der Waals surface area contributed by atoms with Crippen LogP contribution in [-0.2, 0) is 7.05 Å². The van der Waals surface area contributed by atoms with Crippen molar-refractivity contribution in [3.8, 4) is 0 Å². The number of nitrogens with zero attached hydrogens (tertiary/aromatic N) is 1. The molecule has 1 aromatic heterocycles. The van der Waals surface area contributed by atoms with Crippen molar-refractivity contribution in [2.75, 3.05) is 0 Å². The quantitative estimate of drug-likeness (QED) is 0.845. The van der Waals surface area contributed by atoms with Crippen molar-refractivity contribution in [3.05, 3.63) is 34.2 Å². The number of hydrogen-bond donors (Lipinski definition) is 1. The summed E-state index contributed by atoms with van der Waals surface area (Å²) in [5.41, 5.74) is 3.16. The highest BCUT2D eigenvalue weighted by Gasteiger charge is 2.08. The first kappa shape index (κ1) is 11.0. The highest BCUT2D eigenvalue weighted by Crippen LogP contribution is 2.23. The summed E-state index contributed by atoms with van der Waals surface area (Å²) in [5, 5.41) is 0. The number of aromatic nitrogens is 2. The molecule has 16 heavy (non-hydrogen) atoms. The number of aryl methyl sites for hydroxylation is 1. The number of nitrogens with one attached hydrogen (secondary N) is 1. The maximum Gasteiger partial charge on any atom is 0.326 e. The van der Waals surface area contributed by atoms with Crippen molar-refractivity contribution < 1.29 is 0 Å². The van der Waals surface area contributed by atoms with Crippen LogP contribution in [0.15, 0.2) is 23.0 Å². The first-order valence-corrected chi connectivity index (χ1v) is 5.82. The third-order valence-electron chi connectivity index (χ3n) is 3.22. The lowest BCUT2D eigenvalue weighted by Crippen LogP contribution is -2.11. The number of rotatable bonds is 3. The van der Waals surface area contributed by atoms with Gasteiger partial charge in [0.1, 0.15) is 0 Å². The Morgan fingerprint density at radius 3 is 2.88 bits per heavy atom. The van der Waals surface area contributed by atoms with E-state index < -0.39 is 0 Å². The van der Waals surface area contributed by atoms with Crippen LogP contribution < -0.4 is 5.69 Å². The molecule has 0 fully saturated rings. The van der Waals surface area contributed by atoms with Gasteiger partial charge in [0.25, 0.3) is 0 Å². The van der Waals surface area contributed by atoms with Gasteiger partial charge in [0.05, 0.1) is 11.0 Å². The zero-order chi connectivity index (χ0) is 11.7. The van der Waals surface area contributed by atoms with Crippen LogP contribution in [0.5, 0.6) is 0 Å². The van der Waals surface area contributed by atoms with Crippen LogP contribution in [-0.4, -0.2) is 9.55 Å². The minimum absolute atomic E-state index is 0.0460. The third-order valence-corrected chi connectivity index (χ3v) is 3.22. The molecule has 1 atom stereocenters. The van der Waals surface area contributed by atoms with Gasteiger partial charge >= 0.3 is 5.69 Å². The molecule has 0 saturated carbocycles. The van der Waals surface area contributed by atoms with Gasteiger partial charge in [-0.05, 0) is 30.0 Å². The minimum atomic E-state index is -0.0460. The second-order valence-corrected chi connectivity index (χ2v) is 4.46. The largest absolute Gasteiger partial charge is 0.326 e. The molecule has 1 aromatic carbocycles. The van der Waals surface area contributed by atoms with Crippen LogP contribution >= 0.6 is 0 Å². The fraction of sp³-hybridized carbons (Fsp3) is 0.462. The summed E-state index contributed by atoms with van der Waals surface area (Å²) in [5.74, 6) is 0.554. The number of imidazole rings is 1. The molecular formula is C13H18N2O. The SMILES string of the molecule is CCCC(C)c1ccc2c(c1)[nH]c(=O)n2C. The lowest BCUT2D eigenvalue weighted by atomic mass is 9.96. The number of fused-ring (bicyclic) bond motifs is 1. The summed E-state index contributed by atoms with van der Waals surface area (Å²) in [4.78, 5) is 14.3. The summed E-state index contributed by atoms with van der Waals surface area (Å²) in [6.07, 6.45) is 2.37. The Labute approximate surface area is 95.1 Å². The smallest absolute Gasteiger partial charge is 0.306 e. The molecule has 3 heteroatoms. The van der Waals surface area contributed by atoms with Gasteiger partial charge < -0.3 is 4.98 Å². The predicted octanol–water partition coefficient (Wildman–Crippen LogP) is 2.77. The lowest BCUT2D eigenvalue weighted by Gasteiger charge is -2.10. The molecule has 0 aliphatic heterocycles. The molecule has 0 spiro atoms. The molecule has 3 nitrogen and oxygen atoms in total. The van der Waals surface area contributed by atoms with Gasteiger partial charge in [-0.3, -0.25) is 4.57 Å². The predicted molar refractivity (Wildman–Crippen MR) is 66.9 cm³/mol. The minimum Gasteiger partial charge on any atom is -0.306 e. The Bertz CT molecular complexity index is 551. The van der Waals surface area contributed by atoms with Gasteiger partial charge in [0.2, 0.25) is 0 Å².